The van der Waals surface area contributed by atoms with E-state index in [0.29, 0.717) is 11.4 Å². The van der Waals surface area contributed by atoms with Gasteiger partial charge in [-0.25, -0.2) is 0 Å². The third-order valence-electron chi connectivity index (χ3n) is 4.05. The van der Waals surface area contributed by atoms with Gasteiger partial charge in [0.25, 0.3) is 0 Å². The number of anilines is 2. The van der Waals surface area contributed by atoms with Gasteiger partial charge in [0.1, 0.15) is 0 Å². The van der Waals surface area contributed by atoms with Crippen LogP contribution in [0.15, 0.2) is 40.9 Å². The first-order chi connectivity index (χ1) is 11.6. The summed E-state index contributed by atoms with van der Waals surface area (Å²) in [6, 6.07) is 11.2. The molecule has 0 unspecified atom stereocenters. The molecule has 0 spiro atoms. The van der Waals surface area contributed by atoms with Gasteiger partial charge in [-0.3, -0.25) is 9.59 Å². The average molecular weight is 403 g/mol. The lowest BCUT2D eigenvalue weighted by atomic mass is 9.87. The van der Waals surface area contributed by atoms with Crippen molar-refractivity contribution >= 4 is 39.1 Å². The van der Waals surface area contributed by atoms with E-state index >= 15 is 0 Å². The topological polar surface area (TPSA) is 58.2 Å². The summed E-state index contributed by atoms with van der Waals surface area (Å²) >= 11 is 3.45. The lowest BCUT2D eigenvalue weighted by Gasteiger charge is -2.19. The molecule has 4 nitrogen and oxygen atoms in total. The van der Waals surface area contributed by atoms with Crippen molar-refractivity contribution in [1.82, 2.24) is 0 Å². The van der Waals surface area contributed by atoms with Crippen LogP contribution in [-0.2, 0) is 15.0 Å². The Morgan fingerprint density at radius 3 is 2.08 bits per heavy atom. The Hall–Kier alpha value is -2.14. The number of carbonyl (C=O) groups excluding carboxylic acids is 2. The van der Waals surface area contributed by atoms with E-state index in [1.807, 2.05) is 38.1 Å². The first-order valence-corrected chi connectivity index (χ1v) is 8.87. The van der Waals surface area contributed by atoms with Crippen molar-refractivity contribution in [2.45, 2.75) is 40.0 Å². The van der Waals surface area contributed by atoms with Crippen molar-refractivity contribution in [1.29, 1.82) is 0 Å². The molecule has 2 aromatic carbocycles. The largest absolute Gasteiger partial charge is 0.318 e. The van der Waals surface area contributed by atoms with Gasteiger partial charge in [-0.2, -0.15) is 0 Å². The number of amides is 2. The summed E-state index contributed by atoms with van der Waals surface area (Å²) in [6.45, 7) is 10.2. The molecule has 2 N–H and O–H groups in total. The van der Waals surface area contributed by atoms with Crippen molar-refractivity contribution in [3.05, 3.63) is 57.6 Å². The van der Waals surface area contributed by atoms with Gasteiger partial charge in [-0.1, -0.05) is 48.8 Å². The van der Waals surface area contributed by atoms with E-state index in [0.717, 1.165) is 21.2 Å². The molecule has 0 aliphatic heterocycles. The average Bonchev–Trinajstić information content (AvgIpc) is 2.52. The minimum absolute atomic E-state index is 0.0330. The second-order valence-corrected chi connectivity index (χ2v) is 7.99. The molecule has 0 heterocycles. The van der Waals surface area contributed by atoms with E-state index < -0.39 is 11.8 Å². The first-order valence-electron chi connectivity index (χ1n) is 8.07. The molecular weight excluding hydrogens is 380 g/mol. The quantitative estimate of drug-likeness (QED) is 0.698. The summed E-state index contributed by atoms with van der Waals surface area (Å²) in [5, 5.41) is 5.29. The maximum Gasteiger partial charge on any atom is 0.314 e. The number of hydrogen-bond acceptors (Lipinski definition) is 2. The highest BCUT2D eigenvalue weighted by Crippen LogP contribution is 2.25. The maximum absolute atomic E-state index is 12.2. The summed E-state index contributed by atoms with van der Waals surface area (Å²) in [6.07, 6.45) is 0. The Morgan fingerprint density at radius 2 is 1.52 bits per heavy atom. The Morgan fingerprint density at radius 1 is 0.920 bits per heavy atom. The molecular formula is C20H23BrN2O2. The highest BCUT2D eigenvalue weighted by Gasteiger charge is 2.17. The molecule has 0 aliphatic rings. The molecule has 25 heavy (non-hydrogen) atoms. The van der Waals surface area contributed by atoms with Crippen LogP contribution in [0.4, 0.5) is 11.4 Å². The van der Waals surface area contributed by atoms with Gasteiger partial charge in [0, 0.05) is 15.8 Å². The van der Waals surface area contributed by atoms with Crippen LogP contribution in [-0.4, -0.2) is 11.8 Å². The van der Waals surface area contributed by atoms with Crippen molar-refractivity contribution < 1.29 is 9.59 Å². The number of hydrogen-bond donors (Lipinski definition) is 2. The summed E-state index contributed by atoms with van der Waals surface area (Å²) in [7, 11) is 0. The Balaban J connectivity index is 2.10. The van der Waals surface area contributed by atoms with Gasteiger partial charge in [0.15, 0.2) is 0 Å². The lowest BCUT2D eigenvalue weighted by molar-refractivity contribution is -0.133. The molecule has 132 valence electrons. The van der Waals surface area contributed by atoms with Crippen molar-refractivity contribution in [2.75, 3.05) is 10.6 Å². The van der Waals surface area contributed by atoms with Crippen molar-refractivity contribution in [2.24, 2.45) is 0 Å². The number of rotatable bonds is 2. The van der Waals surface area contributed by atoms with Gasteiger partial charge in [0.05, 0.1) is 0 Å². The van der Waals surface area contributed by atoms with Crippen LogP contribution in [0.25, 0.3) is 0 Å². The number of benzene rings is 2. The Kier molecular flexibility index (Phi) is 5.68. The van der Waals surface area contributed by atoms with E-state index in [9.17, 15) is 9.59 Å². The summed E-state index contributed by atoms with van der Waals surface area (Å²) in [4.78, 5) is 24.3. The highest BCUT2D eigenvalue weighted by molar-refractivity contribution is 9.10. The smallest absolute Gasteiger partial charge is 0.314 e. The van der Waals surface area contributed by atoms with Crippen molar-refractivity contribution in [3.8, 4) is 0 Å². The molecule has 0 saturated carbocycles. The highest BCUT2D eigenvalue weighted by atomic mass is 79.9. The summed E-state index contributed by atoms with van der Waals surface area (Å²) < 4.78 is 0.890. The number of aryl methyl sites for hydroxylation is 1. The van der Waals surface area contributed by atoms with Crippen LogP contribution >= 0.6 is 15.9 Å². The fourth-order valence-corrected chi connectivity index (χ4v) is 2.89. The van der Waals surface area contributed by atoms with Gasteiger partial charge < -0.3 is 10.6 Å². The normalized spacial score (nSPS) is 11.1. The predicted molar refractivity (Wildman–Crippen MR) is 106 cm³/mol. The van der Waals surface area contributed by atoms with Gasteiger partial charge in [0.2, 0.25) is 0 Å². The zero-order valence-electron chi connectivity index (χ0n) is 15.2. The third-order valence-corrected chi connectivity index (χ3v) is 4.88. The molecule has 0 aliphatic carbocycles. The number of nitrogens with one attached hydrogen (secondary N) is 2. The summed E-state index contributed by atoms with van der Waals surface area (Å²) in [5.41, 5.74) is 4.37. The Labute approximate surface area is 157 Å². The molecule has 2 rings (SSSR count). The molecule has 2 amide bonds. The van der Waals surface area contributed by atoms with Gasteiger partial charge >= 0.3 is 11.8 Å². The second kappa shape index (κ2) is 7.40. The standard InChI is InChI=1S/C20H23BrN2O2/c1-12-9-16(11-17(21)13(12)2)23-19(25)18(24)22-15-8-6-7-14(10-15)20(3,4)5/h6-11H,1-5H3,(H,22,24)(H,23,25). The zero-order chi connectivity index (χ0) is 18.8. The molecule has 0 atom stereocenters. The fraction of sp³-hybridized carbons (Fsp3) is 0.300. The van der Waals surface area contributed by atoms with Crippen molar-refractivity contribution in [3.63, 3.8) is 0 Å². The first kappa shape index (κ1) is 19.2. The lowest BCUT2D eigenvalue weighted by Crippen LogP contribution is -2.29. The van der Waals surface area contributed by atoms with E-state index in [1.165, 1.54) is 0 Å². The van der Waals surface area contributed by atoms with E-state index in [-0.39, 0.29) is 5.41 Å². The minimum atomic E-state index is -0.698. The molecule has 0 aromatic heterocycles. The van der Waals surface area contributed by atoms with Crippen LogP contribution in [0.2, 0.25) is 0 Å². The SMILES string of the molecule is Cc1cc(NC(=O)C(=O)Nc2cccc(C(C)(C)C)c2)cc(Br)c1C. The molecule has 5 heteroatoms. The van der Waals surface area contributed by atoms with Gasteiger partial charge in [-0.05, 0) is 60.2 Å². The van der Waals surface area contributed by atoms with E-state index in [2.05, 4.69) is 47.3 Å². The van der Waals surface area contributed by atoms with Crippen LogP contribution in [0.1, 0.15) is 37.5 Å². The van der Waals surface area contributed by atoms with Crippen LogP contribution in [0.5, 0.6) is 0 Å². The van der Waals surface area contributed by atoms with Crippen LogP contribution in [0, 0.1) is 13.8 Å². The van der Waals surface area contributed by atoms with E-state index in [4.69, 9.17) is 0 Å². The second-order valence-electron chi connectivity index (χ2n) is 7.14. The number of halogens is 1. The molecule has 0 radical (unpaired) electrons. The monoisotopic (exact) mass is 402 g/mol. The molecule has 2 aromatic rings. The van der Waals surface area contributed by atoms with Crippen LogP contribution in [0.3, 0.4) is 0 Å². The maximum atomic E-state index is 12.2. The third kappa shape index (κ3) is 4.92. The zero-order valence-corrected chi connectivity index (χ0v) is 16.7. The van der Waals surface area contributed by atoms with Crippen LogP contribution < -0.4 is 10.6 Å². The van der Waals surface area contributed by atoms with Gasteiger partial charge in [-0.15, -0.1) is 0 Å². The summed E-state index contributed by atoms with van der Waals surface area (Å²) in [5.74, 6) is -1.39. The number of carbonyl (C=O) groups is 2. The molecule has 0 fully saturated rings. The fourth-order valence-electron chi connectivity index (χ4n) is 2.33. The minimum Gasteiger partial charge on any atom is -0.318 e. The molecule has 0 bridgehead atoms. The van der Waals surface area contributed by atoms with E-state index in [1.54, 1.807) is 12.1 Å². The predicted octanol–water partition coefficient (Wildman–Crippen LogP) is 4.94. The molecule has 0 saturated heterocycles. The Bertz CT molecular complexity index is 800.